The Morgan fingerprint density at radius 2 is 2.17 bits per heavy atom. The second-order valence-corrected chi connectivity index (χ2v) is 6.77. The Kier molecular flexibility index (Phi) is 5.07. The first-order valence-corrected chi connectivity index (χ1v) is 7.90. The maximum Gasteiger partial charge on any atom is 0.223 e. The summed E-state index contributed by atoms with van der Waals surface area (Å²) in [7, 11) is 0. The van der Waals surface area contributed by atoms with Gasteiger partial charge in [-0.15, -0.1) is 11.3 Å². The average Bonchev–Trinajstić information content (AvgIpc) is 2.97. The number of amides is 1. The van der Waals surface area contributed by atoms with Crippen LogP contribution in [0.3, 0.4) is 0 Å². The van der Waals surface area contributed by atoms with E-state index in [9.17, 15) is 4.79 Å². The second kappa shape index (κ2) is 6.58. The van der Waals surface area contributed by atoms with Crippen molar-refractivity contribution in [2.75, 3.05) is 6.54 Å². The first kappa shape index (κ1) is 13.9. The van der Waals surface area contributed by atoms with Crippen molar-refractivity contribution in [3.8, 4) is 0 Å². The van der Waals surface area contributed by atoms with Crippen LogP contribution in [0, 0.1) is 5.92 Å². The molecule has 0 saturated heterocycles. The number of carbonyl (C=O) groups excluding carboxylic acids is 1. The summed E-state index contributed by atoms with van der Waals surface area (Å²) in [5.74, 6) is 0.924. The third-order valence-corrected chi connectivity index (χ3v) is 4.86. The number of carbonyl (C=O) groups is 1. The maximum absolute atomic E-state index is 12.2. The van der Waals surface area contributed by atoms with Gasteiger partial charge in [0.1, 0.15) is 0 Å². The molecule has 2 rings (SSSR count). The fourth-order valence-corrected chi connectivity index (χ4v) is 3.70. The van der Waals surface area contributed by atoms with Gasteiger partial charge < -0.3 is 4.90 Å². The molecule has 1 aromatic rings. The summed E-state index contributed by atoms with van der Waals surface area (Å²) >= 11 is 7.48. The van der Waals surface area contributed by atoms with Crippen LogP contribution in [0.25, 0.3) is 0 Å². The Hall–Kier alpha value is -0.540. The van der Waals surface area contributed by atoms with Gasteiger partial charge in [-0.3, -0.25) is 4.79 Å². The van der Waals surface area contributed by atoms with Crippen LogP contribution in [0.2, 0.25) is 4.34 Å². The maximum atomic E-state index is 12.2. The Morgan fingerprint density at radius 1 is 1.44 bits per heavy atom. The molecule has 18 heavy (non-hydrogen) atoms. The van der Waals surface area contributed by atoms with Crippen molar-refractivity contribution in [2.24, 2.45) is 5.92 Å². The molecule has 2 nitrogen and oxygen atoms in total. The molecule has 100 valence electrons. The minimum absolute atomic E-state index is 0.300. The fraction of sp³-hybridized carbons (Fsp3) is 0.643. The molecule has 1 aliphatic rings. The molecule has 0 aromatic carbocycles. The van der Waals surface area contributed by atoms with Crippen molar-refractivity contribution in [2.45, 2.75) is 45.6 Å². The van der Waals surface area contributed by atoms with Crippen LogP contribution in [0.4, 0.5) is 0 Å². The fourth-order valence-electron chi connectivity index (χ4n) is 2.59. The lowest BCUT2D eigenvalue weighted by molar-refractivity contribution is -0.132. The normalized spacial score (nSPS) is 16.1. The molecule has 1 saturated carbocycles. The Morgan fingerprint density at radius 3 is 2.72 bits per heavy atom. The smallest absolute Gasteiger partial charge is 0.223 e. The number of nitrogens with zero attached hydrogens (tertiary/aromatic N) is 1. The van der Waals surface area contributed by atoms with Gasteiger partial charge >= 0.3 is 0 Å². The van der Waals surface area contributed by atoms with E-state index in [1.54, 1.807) is 11.3 Å². The van der Waals surface area contributed by atoms with Gasteiger partial charge in [0.15, 0.2) is 0 Å². The summed E-state index contributed by atoms with van der Waals surface area (Å²) < 4.78 is 0.796. The van der Waals surface area contributed by atoms with Crippen LogP contribution in [-0.2, 0) is 11.3 Å². The van der Waals surface area contributed by atoms with Crippen molar-refractivity contribution < 1.29 is 4.79 Å². The van der Waals surface area contributed by atoms with Crippen molar-refractivity contribution in [3.63, 3.8) is 0 Å². The predicted octanol–water partition coefficient (Wildman–Crippen LogP) is 4.33. The molecule has 1 aliphatic carbocycles. The molecule has 0 radical (unpaired) electrons. The van der Waals surface area contributed by atoms with Crippen LogP contribution < -0.4 is 0 Å². The zero-order chi connectivity index (χ0) is 13.0. The molecule has 1 amide bonds. The van der Waals surface area contributed by atoms with E-state index in [0.29, 0.717) is 18.4 Å². The summed E-state index contributed by atoms with van der Waals surface area (Å²) in [5.41, 5.74) is 0. The summed E-state index contributed by atoms with van der Waals surface area (Å²) in [4.78, 5) is 15.4. The van der Waals surface area contributed by atoms with E-state index < -0.39 is 0 Å². The summed E-state index contributed by atoms with van der Waals surface area (Å²) in [6, 6.07) is 3.91. The van der Waals surface area contributed by atoms with E-state index in [1.807, 2.05) is 24.0 Å². The highest BCUT2D eigenvalue weighted by molar-refractivity contribution is 7.16. The highest BCUT2D eigenvalue weighted by atomic mass is 35.5. The lowest BCUT2D eigenvalue weighted by Crippen LogP contribution is -2.31. The Balaban J connectivity index is 1.88. The summed E-state index contributed by atoms with van der Waals surface area (Å²) in [5, 5.41) is 0. The summed E-state index contributed by atoms with van der Waals surface area (Å²) in [6.07, 6.45) is 5.78. The monoisotopic (exact) mass is 285 g/mol. The Bertz CT molecular complexity index is 398. The van der Waals surface area contributed by atoms with Crippen molar-refractivity contribution >= 4 is 28.8 Å². The molecule has 1 aromatic heterocycles. The number of hydrogen-bond donors (Lipinski definition) is 0. The van der Waals surface area contributed by atoms with Gasteiger partial charge in [-0.2, -0.15) is 0 Å². The Labute approximate surface area is 118 Å². The van der Waals surface area contributed by atoms with Crippen molar-refractivity contribution in [3.05, 3.63) is 21.3 Å². The van der Waals surface area contributed by atoms with Gasteiger partial charge in [0, 0.05) is 17.8 Å². The highest BCUT2D eigenvalue weighted by Crippen LogP contribution is 2.29. The molecule has 0 unspecified atom stereocenters. The van der Waals surface area contributed by atoms with Gasteiger partial charge in [0.25, 0.3) is 0 Å². The number of hydrogen-bond acceptors (Lipinski definition) is 2. The van der Waals surface area contributed by atoms with Crippen LogP contribution in [0.5, 0.6) is 0 Å². The number of rotatable bonds is 5. The van der Waals surface area contributed by atoms with Gasteiger partial charge in [0.05, 0.1) is 10.9 Å². The number of thiophene rings is 1. The largest absolute Gasteiger partial charge is 0.338 e. The van der Waals surface area contributed by atoms with Crippen molar-refractivity contribution in [1.29, 1.82) is 0 Å². The highest BCUT2D eigenvalue weighted by Gasteiger charge is 2.21. The molecule has 0 atom stereocenters. The first-order valence-electron chi connectivity index (χ1n) is 6.71. The molecule has 1 heterocycles. The molecule has 4 heteroatoms. The van der Waals surface area contributed by atoms with Crippen LogP contribution in [0.15, 0.2) is 12.1 Å². The molecule has 1 fully saturated rings. The second-order valence-electron chi connectivity index (χ2n) is 4.97. The van der Waals surface area contributed by atoms with Gasteiger partial charge in [0.2, 0.25) is 5.91 Å². The topological polar surface area (TPSA) is 20.3 Å². The van der Waals surface area contributed by atoms with E-state index in [1.165, 1.54) is 30.6 Å². The zero-order valence-corrected chi connectivity index (χ0v) is 12.4. The van der Waals surface area contributed by atoms with E-state index in [4.69, 9.17) is 11.6 Å². The van der Waals surface area contributed by atoms with Crippen molar-refractivity contribution in [1.82, 2.24) is 4.90 Å². The SMILES string of the molecule is CCN(Cc1ccc(Cl)s1)C(=O)CC1CCCC1. The molecule has 0 aliphatic heterocycles. The van der Waals surface area contributed by atoms with Crippen LogP contribution >= 0.6 is 22.9 Å². The lowest BCUT2D eigenvalue weighted by Gasteiger charge is -2.22. The minimum atomic E-state index is 0.300. The lowest BCUT2D eigenvalue weighted by atomic mass is 10.0. The third-order valence-electron chi connectivity index (χ3n) is 3.65. The molecular formula is C14H20ClNOS. The molecule has 0 N–H and O–H groups in total. The predicted molar refractivity (Wildman–Crippen MR) is 77.0 cm³/mol. The standard InChI is InChI=1S/C14H20ClNOS/c1-2-16(10-12-7-8-13(15)18-12)14(17)9-11-5-3-4-6-11/h7-8,11H,2-6,9-10H2,1H3. The third kappa shape index (κ3) is 3.72. The molecule has 0 bridgehead atoms. The minimum Gasteiger partial charge on any atom is -0.338 e. The van der Waals surface area contributed by atoms with Crippen LogP contribution in [0.1, 0.15) is 43.9 Å². The van der Waals surface area contributed by atoms with E-state index in [-0.39, 0.29) is 0 Å². The van der Waals surface area contributed by atoms with Gasteiger partial charge in [-0.25, -0.2) is 0 Å². The van der Waals surface area contributed by atoms with Crippen LogP contribution in [-0.4, -0.2) is 17.4 Å². The van der Waals surface area contributed by atoms with E-state index >= 15 is 0 Å². The average molecular weight is 286 g/mol. The van der Waals surface area contributed by atoms with E-state index in [2.05, 4.69) is 0 Å². The molecular weight excluding hydrogens is 266 g/mol. The molecule has 0 spiro atoms. The first-order chi connectivity index (χ1) is 8.69. The number of halogens is 1. The zero-order valence-electron chi connectivity index (χ0n) is 10.8. The van der Waals surface area contributed by atoms with Gasteiger partial charge in [-0.1, -0.05) is 24.4 Å². The van der Waals surface area contributed by atoms with Gasteiger partial charge in [-0.05, 0) is 37.8 Å². The quantitative estimate of drug-likeness (QED) is 0.788. The van der Waals surface area contributed by atoms with E-state index in [0.717, 1.165) is 17.3 Å². The summed E-state index contributed by atoms with van der Waals surface area (Å²) in [6.45, 7) is 3.53.